The van der Waals surface area contributed by atoms with Crippen molar-refractivity contribution in [3.05, 3.63) is 221 Å². The summed E-state index contributed by atoms with van der Waals surface area (Å²) in [6.07, 6.45) is 1.05. The molecule has 8 aromatic rings. The van der Waals surface area contributed by atoms with Crippen LogP contribution in [0, 0.1) is 19.9 Å². The van der Waals surface area contributed by atoms with Crippen LogP contribution in [0.1, 0.15) is 33.4 Å². The molecular weight excluding hydrogens is 783 g/mol. The Balaban J connectivity index is 0.000000159. The zero-order chi connectivity index (χ0) is 35.7. The Kier molecular flexibility index (Phi) is 14.5. The molecule has 2 nitrogen and oxygen atoms in total. The summed E-state index contributed by atoms with van der Waals surface area (Å²) in [6, 6.07) is 65.3. The van der Waals surface area contributed by atoms with Crippen LogP contribution in [-0.4, -0.2) is 3.21 Å². The quantitative estimate of drug-likeness (QED) is 0.176. The first-order valence-corrected chi connectivity index (χ1v) is 18.7. The van der Waals surface area contributed by atoms with Gasteiger partial charge in [0, 0.05) is 0 Å². The molecule has 0 atom stereocenters. The molecule has 1 aliphatic carbocycles. The third kappa shape index (κ3) is 10.2. The van der Waals surface area contributed by atoms with Crippen molar-refractivity contribution in [1.29, 1.82) is 0 Å². The summed E-state index contributed by atoms with van der Waals surface area (Å²) in [7, 11) is 0. The fourth-order valence-electron chi connectivity index (χ4n) is 6.27. The van der Waals surface area contributed by atoms with E-state index in [2.05, 4.69) is 123 Å². The van der Waals surface area contributed by atoms with Crippen molar-refractivity contribution in [3.63, 3.8) is 0 Å². The monoisotopic (exact) mass is 818 g/mol. The Hall–Kier alpha value is -4.92. The summed E-state index contributed by atoms with van der Waals surface area (Å²) in [5.41, 5.74) is 10.8. The van der Waals surface area contributed by atoms with Gasteiger partial charge in [0.2, 0.25) is 0 Å². The Morgan fingerprint density at radius 2 is 1.09 bits per heavy atom. The molecule has 0 heterocycles. The topological polar surface area (TPSA) is 18.5 Å². The molecule has 8 aromatic carbocycles. The maximum Gasteiger partial charge on any atom is 0.151 e. The predicted molar refractivity (Wildman–Crippen MR) is 212 cm³/mol. The fraction of sp³-hybridized carbons (Fsp3) is 0.0612. The van der Waals surface area contributed by atoms with Crippen LogP contribution in [0.3, 0.4) is 0 Å². The van der Waals surface area contributed by atoms with E-state index in [1.54, 1.807) is 0 Å². The maximum absolute atomic E-state index is 6.03. The van der Waals surface area contributed by atoms with E-state index in [4.69, 9.17) is 9.47 Å². The van der Waals surface area contributed by atoms with Gasteiger partial charge < -0.3 is 34.3 Å². The van der Waals surface area contributed by atoms with Gasteiger partial charge in [-0.3, -0.25) is 0 Å². The number of para-hydroxylation sites is 2. The third-order valence-corrected chi connectivity index (χ3v) is 10.3. The van der Waals surface area contributed by atoms with Crippen molar-refractivity contribution < 1.29 is 58.5 Å². The van der Waals surface area contributed by atoms with Crippen LogP contribution in [0.15, 0.2) is 182 Å². The number of fused-ring (bicyclic) bond motifs is 4. The van der Waals surface area contributed by atoms with Crippen LogP contribution in [0.4, 0.5) is 0 Å². The van der Waals surface area contributed by atoms with E-state index >= 15 is 0 Å². The number of hydrogen-bond acceptors (Lipinski definition) is 2. The minimum Gasteiger partial charge on any atom is -0.463 e. The molecule has 5 heteroatoms. The smallest absolute Gasteiger partial charge is 0.151 e. The van der Waals surface area contributed by atoms with Gasteiger partial charge in [0.05, 0.1) is 0 Å². The Morgan fingerprint density at radius 3 is 1.67 bits per heavy atom. The van der Waals surface area contributed by atoms with Crippen molar-refractivity contribution >= 4 is 14.0 Å². The van der Waals surface area contributed by atoms with Crippen LogP contribution in [0.5, 0.6) is 23.0 Å². The van der Waals surface area contributed by atoms with Gasteiger partial charge in [-0.15, -0.1) is 28.0 Å². The molecule has 0 bridgehead atoms. The van der Waals surface area contributed by atoms with Crippen molar-refractivity contribution in [3.8, 4) is 34.1 Å². The molecule has 0 unspecified atom stereocenters. The van der Waals surface area contributed by atoms with E-state index in [1.165, 1.54) is 71.9 Å². The normalized spacial score (nSPS) is 10.5. The first kappa shape index (κ1) is 40.3. The molecule has 0 aliphatic heterocycles. The number of rotatable bonds is 6. The third-order valence-electron chi connectivity index (χ3n) is 8.86. The number of benzene rings is 7. The molecule has 9 rings (SSSR count). The molecule has 1 aliphatic rings. The van der Waals surface area contributed by atoms with Crippen LogP contribution in [0.25, 0.3) is 21.9 Å². The van der Waals surface area contributed by atoms with Crippen LogP contribution < -0.4 is 34.3 Å². The Morgan fingerprint density at radius 1 is 0.574 bits per heavy atom. The molecule has 54 heavy (non-hydrogen) atoms. The SMILES string of the molecule is Cc1[c-]c2c(cc1)-c1ccc(C)cc1C2.[Cl-].[Cl-].[Zr+2]=[C](c1ccccc1)c1ccccc1.c1ccc(Oc2cc3cc[cH-]c3cc2Oc2ccccc2)cc1. The molecule has 266 valence electrons. The first-order valence-electron chi connectivity index (χ1n) is 17.5. The van der Waals surface area contributed by atoms with Gasteiger partial charge in [-0.1, -0.05) is 84.8 Å². The van der Waals surface area contributed by atoms with E-state index in [0.717, 1.165) is 28.7 Å². The van der Waals surface area contributed by atoms with Crippen molar-refractivity contribution in [1.82, 2.24) is 0 Å². The summed E-state index contributed by atoms with van der Waals surface area (Å²) >= 11 is 1.46. The molecule has 0 saturated heterocycles. The van der Waals surface area contributed by atoms with Crippen molar-refractivity contribution in [2.24, 2.45) is 0 Å². The van der Waals surface area contributed by atoms with Crippen molar-refractivity contribution in [2.75, 3.05) is 0 Å². The number of aryl methyl sites for hydroxylation is 2. The molecule has 0 N–H and O–H groups in total. The zero-order valence-corrected chi connectivity index (χ0v) is 34.1. The van der Waals surface area contributed by atoms with Gasteiger partial charge >= 0.3 is 99.2 Å². The molecule has 0 radical (unpaired) electrons. The summed E-state index contributed by atoms with van der Waals surface area (Å²) in [5, 5.41) is 2.27. The number of hydrogen-bond donors (Lipinski definition) is 0. The summed E-state index contributed by atoms with van der Waals surface area (Å²) in [4.78, 5) is 0. The van der Waals surface area contributed by atoms with Gasteiger partial charge in [-0.05, 0) is 43.2 Å². The summed E-state index contributed by atoms with van der Waals surface area (Å²) in [5.74, 6) is 2.99. The second-order valence-electron chi connectivity index (χ2n) is 12.8. The molecule has 0 aromatic heterocycles. The number of ether oxygens (including phenoxy) is 2. The van der Waals surface area contributed by atoms with Crippen LogP contribution in [-0.2, 0) is 30.7 Å². The Labute approximate surface area is 346 Å². The van der Waals surface area contributed by atoms with E-state index in [9.17, 15) is 0 Å². The van der Waals surface area contributed by atoms with Gasteiger partial charge in [-0.25, -0.2) is 0 Å². The molecule has 0 amide bonds. The second kappa shape index (κ2) is 19.4. The average molecular weight is 821 g/mol. The fourth-order valence-corrected chi connectivity index (χ4v) is 7.09. The van der Waals surface area contributed by atoms with Gasteiger partial charge in [-0.2, -0.15) is 35.9 Å². The Bertz CT molecular complexity index is 2240. The maximum atomic E-state index is 6.03. The second-order valence-corrected chi connectivity index (χ2v) is 14.0. The van der Waals surface area contributed by atoms with Gasteiger partial charge in [0.15, 0.2) is 5.75 Å². The summed E-state index contributed by atoms with van der Waals surface area (Å²) < 4.78 is 13.5. The molecule has 0 spiro atoms. The van der Waals surface area contributed by atoms with E-state index < -0.39 is 0 Å². The predicted octanol–water partition coefficient (Wildman–Crippen LogP) is 6.63. The van der Waals surface area contributed by atoms with E-state index in [1.807, 2.05) is 78.9 Å². The first-order chi connectivity index (χ1) is 25.5. The summed E-state index contributed by atoms with van der Waals surface area (Å²) in [6.45, 7) is 4.26. The average Bonchev–Trinajstić information content (AvgIpc) is 3.79. The standard InChI is InChI=1S/C21H15O2.C15H13.C13H10.2ClH.Zr/c1-3-10-18(11-4-1)22-20-14-16-8-7-9-17(16)15-21(20)23-19-12-5-2-6-13-19;1-10-3-5-14-12(7-10)9-13-8-11(2)4-6-15(13)14;1-3-7-12(8-4-1)11-13-9-5-2-6-10-13;;;/h1-15H;3-7H,9H2,1-2H3;1-10H;2*1H;/q2*-1;;;;+2/p-2. The van der Waals surface area contributed by atoms with E-state index in [0.29, 0.717) is 11.5 Å². The molecule has 0 saturated carbocycles. The van der Waals surface area contributed by atoms with E-state index in [-0.39, 0.29) is 24.8 Å². The minimum absolute atomic E-state index is 0. The van der Waals surface area contributed by atoms with Crippen LogP contribution >= 0.6 is 0 Å². The minimum atomic E-state index is 0. The zero-order valence-electron chi connectivity index (χ0n) is 30.1. The number of halogens is 2. The van der Waals surface area contributed by atoms with Crippen molar-refractivity contribution in [2.45, 2.75) is 20.3 Å². The largest absolute Gasteiger partial charge is 0.463 e. The van der Waals surface area contributed by atoms with Crippen LogP contribution in [0.2, 0.25) is 0 Å². The van der Waals surface area contributed by atoms with Gasteiger partial charge in [0.25, 0.3) is 0 Å². The van der Waals surface area contributed by atoms with Gasteiger partial charge in [0.1, 0.15) is 17.2 Å². The molecule has 0 fully saturated rings. The molecular formula is C49H38Cl2O2Zr-2.